The number of halogens is 1. The Morgan fingerprint density at radius 3 is 2.76 bits per heavy atom. The van der Waals surface area contributed by atoms with E-state index in [2.05, 4.69) is 21.8 Å². The van der Waals surface area contributed by atoms with Crippen molar-refractivity contribution in [2.45, 2.75) is 38.2 Å². The number of carbonyl (C=O) groups is 1. The Bertz CT molecular complexity index is 1170. The zero-order valence-electron chi connectivity index (χ0n) is 15.8. The smallest absolute Gasteiger partial charge is 0.336 e. The molecular formula is C22H19ClN2O4. The Balaban J connectivity index is 1.63. The second-order valence-corrected chi connectivity index (χ2v) is 7.67. The average molecular weight is 411 g/mol. The largest absolute Gasteiger partial charge is 0.478 e. The Labute approximate surface area is 172 Å². The van der Waals surface area contributed by atoms with E-state index in [1.165, 1.54) is 6.07 Å². The van der Waals surface area contributed by atoms with Crippen LogP contribution >= 0.6 is 11.6 Å². The topological polar surface area (TPSA) is 95.4 Å². The minimum Gasteiger partial charge on any atom is -0.478 e. The zero-order valence-corrected chi connectivity index (χ0v) is 16.5. The maximum atomic E-state index is 11.3. The number of hydrogen-bond donors (Lipinski definition) is 3. The van der Waals surface area contributed by atoms with E-state index in [1.54, 1.807) is 31.2 Å². The molecule has 0 spiro atoms. The molecular weight excluding hydrogens is 392 g/mol. The number of carboxylic acid groups (broad SMARTS) is 1. The van der Waals surface area contributed by atoms with Crippen LogP contribution in [0.2, 0.25) is 5.02 Å². The van der Waals surface area contributed by atoms with Gasteiger partial charge in [-0.15, -0.1) is 0 Å². The van der Waals surface area contributed by atoms with Gasteiger partial charge in [-0.1, -0.05) is 29.5 Å². The number of aromatic nitrogens is 2. The zero-order chi connectivity index (χ0) is 20.6. The van der Waals surface area contributed by atoms with Gasteiger partial charge in [-0.05, 0) is 62.4 Å². The van der Waals surface area contributed by atoms with Crippen molar-refractivity contribution in [3.05, 3.63) is 52.0 Å². The molecule has 0 saturated heterocycles. The van der Waals surface area contributed by atoms with E-state index in [0.717, 1.165) is 12.8 Å². The first-order chi connectivity index (χ1) is 13.8. The second kappa shape index (κ2) is 7.43. The highest BCUT2D eigenvalue weighted by molar-refractivity contribution is 6.32. The normalized spacial score (nSPS) is 15.1. The molecule has 4 rings (SSSR count). The van der Waals surface area contributed by atoms with Crippen molar-refractivity contribution in [3.63, 3.8) is 0 Å². The molecule has 0 bridgehead atoms. The van der Waals surface area contributed by atoms with Crippen molar-refractivity contribution in [1.82, 2.24) is 9.97 Å². The van der Waals surface area contributed by atoms with Gasteiger partial charge < -0.3 is 19.9 Å². The summed E-state index contributed by atoms with van der Waals surface area (Å²) >= 11 is 6.33. The van der Waals surface area contributed by atoms with Crippen LogP contribution in [0.5, 0.6) is 11.8 Å². The number of imidazole rings is 1. The molecule has 1 fully saturated rings. The van der Waals surface area contributed by atoms with Crippen LogP contribution in [0.4, 0.5) is 0 Å². The lowest BCUT2D eigenvalue weighted by Crippen LogP contribution is -2.20. The second-order valence-electron chi connectivity index (χ2n) is 7.26. The molecule has 0 amide bonds. The third kappa shape index (κ3) is 4.07. The number of aliphatic hydroxyl groups is 1. The molecule has 1 heterocycles. The maximum Gasteiger partial charge on any atom is 0.336 e. The van der Waals surface area contributed by atoms with Crippen molar-refractivity contribution in [1.29, 1.82) is 0 Å². The van der Waals surface area contributed by atoms with Gasteiger partial charge in [-0.25, -0.2) is 4.79 Å². The standard InChI is InChI=1S/C22H19ClN2O4/c1-13-4-5-15(11-16(13)20(26)27)29-21-24-18-10-14(17(23)12-19(18)25-21)6-9-22(28)7-2-3-8-22/h4-5,10-12,28H,2-3,7-8H2,1H3,(H,24,25)(H,26,27). The molecule has 3 N–H and O–H groups in total. The van der Waals surface area contributed by atoms with Gasteiger partial charge in [0.2, 0.25) is 0 Å². The summed E-state index contributed by atoms with van der Waals surface area (Å²) in [6.45, 7) is 1.72. The van der Waals surface area contributed by atoms with Gasteiger partial charge >= 0.3 is 5.97 Å². The van der Waals surface area contributed by atoms with Crippen LogP contribution in [-0.2, 0) is 0 Å². The molecule has 1 aliphatic carbocycles. The van der Waals surface area contributed by atoms with E-state index < -0.39 is 11.6 Å². The van der Waals surface area contributed by atoms with Gasteiger partial charge in [0.25, 0.3) is 6.01 Å². The summed E-state index contributed by atoms with van der Waals surface area (Å²) in [6, 6.07) is 8.48. The van der Waals surface area contributed by atoms with E-state index in [-0.39, 0.29) is 11.6 Å². The van der Waals surface area contributed by atoms with E-state index in [4.69, 9.17) is 16.3 Å². The monoisotopic (exact) mass is 410 g/mol. The van der Waals surface area contributed by atoms with Gasteiger partial charge in [0.1, 0.15) is 11.4 Å². The van der Waals surface area contributed by atoms with Crippen LogP contribution in [-0.4, -0.2) is 31.8 Å². The van der Waals surface area contributed by atoms with Crippen LogP contribution in [0.1, 0.15) is 47.2 Å². The van der Waals surface area contributed by atoms with Gasteiger partial charge in [0.05, 0.1) is 21.6 Å². The van der Waals surface area contributed by atoms with Gasteiger partial charge in [0.15, 0.2) is 0 Å². The lowest BCUT2D eigenvalue weighted by Gasteiger charge is -2.12. The number of rotatable bonds is 3. The number of hydrogen-bond acceptors (Lipinski definition) is 4. The summed E-state index contributed by atoms with van der Waals surface area (Å²) in [4.78, 5) is 18.7. The molecule has 1 aromatic heterocycles. The predicted octanol–water partition coefficient (Wildman–Crippen LogP) is 4.67. The molecule has 2 aromatic carbocycles. The van der Waals surface area contributed by atoms with Gasteiger partial charge in [0, 0.05) is 5.56 Å². The summed E-state index contributed by atoms with van der Waals surface area (Å²) in [7, 11) is 0. The summed E-state index contributed by atoms with van der Waals surface area (Å²) in [5, 5.41) is 20.1. The van der Waals surface area contributed by atoms with E-state index in [9.17, 15) is 15.0 Å². The fourth-order valence-corrected chi connectivity index (χ4v) is 3.63. The van der Waals surface area contributed by atoms with Crippen LogP contribution in [0, 0.1) is 18.8 Å². The Hall–Kier alpha value is -3.01. The van der Waals surface area contributed by atoms with Crippen molar-refractivity contribution in [3.8, 4) is 23.6 Å². The van der Waals surface area contributed by atoms with E-state index in [1.807, 2.05) is 0 Å². The molecule has 1 saturated carbocycles. The first kappa shape index (κ1) is 19.3. The number of nitrogens with one attached hydrogen (secondary N) is 1. The Kier molecular flexibility index (Phi) is 4.95. The van der Waals surface area contributed by atoms with Crippen molar-refractivity contribution in [2.75, 3.05) is 0 Å². The third-order valence-electron chi connectivity index (χ3n) is 5.06. The summed E-state index contributed by atoms with van der Waals surface area (Å²) in [6.07, 6.45) is 3.30. The van der Waals surface area contributed by atoms with Gasteiger partial charge in [-0.3, -0.25) is 0 Å². The predicted molar refractivity (Wildman–Crippen MR) is 110 cm³/mol. The van der Waals surface area contributed by atoms with Crippen LogP contribution in [0.25, 0.3) is 11.0 Å². The molecule has 6 nitrogen and oxygen atoms in total. The third-order valence-corrected chi connectivity index (χ3v) is 5.38. The number of aromatic carboxylic acids is 1. The average Bonchev–Trinajstić information content (AvgIpc) is 3.27. The number of aromatic amines is 1. The van der Waals surface area contributed by atoms with Crippen LogP contribution in [0.15, 0.2) is 30.3 Å². The maximum absolute atomic E-state index is 11.3. The number of fused-ring (bicyclic) bond motifs is 1. The SMILES string of the molecule is Cc1ccc(Oc2nc3cc(Cl)c(C#CC4(O)CCCC4)cc3[nH]2)cc1C(=O)O. The fraction of sp³-hybridized carbons (Fsp3) is 0.273. The number of ether oxygens (including phenoxy) is 1. The van der Waals surface area contributed by atoms with Crippen molar-refractivity contribution in [2.24, 2.45) is 0 Å². The first-order valence-corrected chi connectivity index (χ1v) is 9.67. The van der Waals surface area contributed by atoms with Crippen LogP contribution in [0.3, 0.4) is 0 Å². The first-order valence-electron chi connectivity index (χ1n) is 9.30. The molecule has 0 radical (unpaired) electrons. The molecule has 0 unspecified atom stereocenters. The summed E-state index contributed by atoms with van der Waals surface area (Å²) < 4.78 is 5.70. The van der Waals surface area contributed by atoms with E-state index >= 15 is 0 Å². The Morgan fingerprint density at radius 2 is 2.03 bits per heavy atom. The molecule has 0 aliphatic heterocycles. The molecule has 7 heteroatoms. The Morgan fingerprint density at radius 1 is 1.28 bits per heavy atom. The van der Waals surface area contributed by atoms with Crippen molar-refractivity contribution < 1.29 is 19.7 Å². The highest BCUT2D eigenvalue weighted by atomic mass is 35.5. The minimum absolute atomic E-state index is 0.170. The quantitative estimate of drug-likeness (QED) is 0.545. The number of carboxylic acids is 1. The molecule has 1 aliphatic rings. The minimum atomic E-state index is -1.02. The van der Waals surface area contributed by atoms with E-state index in [0.29, 0.717) is 45.8 Å². The van der Waals surface area contributed by atoms with Gasteiger partial charge in [-0.2, -0.15) is 4.98 Å². The number of aryl methyl sites for hydroxylation is 1. The molecule has 148 valence electrons. The summed E-state index contributed by atoms with van der Waals surface area (Å²) in [5.41, 5.74) is 1.75. The number of benzene rings is 2. The lowest BCUT2D eigenvalue weighted by molar-refractivity contribution is 0.0695. The summed E-state index contributed by atoms with van der Waals surface area (Å²) in [5.74, 6) is 5.28. The number of H-pyrrole nitrogens is 1. The fourth-order valence-electron chi connectivity index (χ4n) is 3.43. The highest BCUT2D eigenvalue weighted by Crippen LogP contribution is 2.30. The molecule has 3 aromatic rings. The van der Waals surface area contributed by atoms with Crippen molar-refractivity contribution >= 4 is 28.6 Å². The highest BCUT2D eigenvalue weighted by Gasteiger charge is 2.28. The lowest BCUT2D eigenvalue weighted by atomic mass is 10.0. The van der Waals surface area contributed by atoms with Crippen LogP contribution < -0.4 is 4.74 Å². The number of nitrogens with zero attached hydrogens (tertiary/aromatic N) is 1. The molecule has 29 heavy (non-hydrogen) atoms. The molecule has 0 atom stereocenters.